The molecule has 1 atom stereocenters. The maximum absolute atomic E-state index is 12.1. The van der Waals surface area contributed by atoms with Gasteiger partial charge >= 0.3 is 5.97 Å². The van der Waals surface area contributed by atoms with E-state index in [1.54, 1.807) is 24.3 Å². The maximum atomic E-state index is 12.1. The van der Waals surface area contributed by atoms with Crippen LogP contribution < -0.4 is 4.74 Å². The minimum absolute atomic E-state index is 0.0839. The highest BCUT2D eigenvalue weighted by Gasteiger charge is 2.23. The molecule has 1 amide bonds. The lowest BCUT2D eigenvalue weighted by Crippen LogP contribution is -2.43. The van der Waals surface area contributed by atoms with Gasteiger partial charge in [-0.1, -0.05) is 17.5 Å². The molecular formula is C14H14ClNO4. The average molecular weight is 296 g/mol. The van der Waals surface area contributed by atoms with Gasteiger partial charge < -0.3 is 14.7 Å². The maximum Gasteiger partial charge on any atom is 0.323 e. The Morgan fingerprint density at radius 3 is 2.55 bits per heavy atom. The Morgan fingerprint density at radius 2 is 2.05 bits per heavy atom. The van der Waals surface area contributed by atoms with Crippen LogP contribution in [0.3, 0.4) is 0 Å². The van der Waals surface area contributed by atoms with Gasteiger partial charge in [-0.25, -0.2) is 0 Å². The van der Waals surface area contributed by atoms with Crippen molar-refractivity contribution >= 4 is 23.5 Å². The summed E-state index contributed by atoms with van der Waals surface area (Å²) in [6.07, 6.45) is 4.28. The summed E-state index contributed by atoms with van der Waals surface area (Å²) in [4.78, 5) is 23.8. The molecule has 0 fully saturated rings. The second kappa shape index (κ2) is 7.41. The van der Waals surface area contributed by atoms with Crippen LogP contribution in [0, 0.1) is 12.3 Å². The number of carbonyl (C=O) groups excluding carboxylic acids is 1. The summed E-state index contributed by atoms with van der Waals surface area (Å²) in [6, 6.07) is 6.50. The van der Waals surface area contributed by atoms with Crippen molar-refractivity contribution in [2.45, 2.75) is 13.0 Å². The molecule has 20 heavy (non-hydrogen) atoms. The summed E-state index contributed by atoms with van der Waals surface area (Å²) in [5, 5.41) is 9.30. The van der Waals surface area contributed by atoms with Crippen LogP contribution in [0.25, 0.3) is 0 Å². The summed E-state index contributed by atoms with van der Waals surface area (Å²) in [6.45, 7) is 0.985. The Balaban J connectivity index is 2.71. The lowest BCUT2D eigenvalue weighted by atomic mass is 10.3. The third-order valence-corrected chi connectivity index (χ3v) is 2.65. The zero-order valence-electron chi connectivity index (χ0n) is 10.9. The van der Waals surface area contributed by atoms with Gasteiger partial charge in [0.05, 0.1) is 6.54 Å². The molecule has 1 aromatic rings. The molecule has 0 heterocycles. The zero-order valence-corrected chi connectivity index (χ0v) is 11.6. The summed E-state index contributed by atoms with van der Waals surface area (Å²) >= 11 is 5.74. The molecule has 1 unspecified atom stereocenters. The van der Waals surface area contributed by atoms with Crippen molar-refractivity contribution in [2.24, 2.45) is 0 Å². The number of nitrogens with zero attached hydrogens (tertiary/aromatic N) is 1. The Morgan fingerprint density at radius 1 is 1.45 bits per heavy atom. The fraction of sp³-hybridized carbons (Fsp3) is 0.286. The van der Waals surface area contributed by atoms with E-state index in [2.05, 4.69) is 5.92 Å². The molecule has 0 saturated heterocycles. The van der Waals surface area contributed by atoms with Crippen LogP contribution in [0.4, 0.5) is 0 Å². The van der Waals surface area contributed by atoms with Crippen LogP contribution in [-0.2, 0) is 9.59 Å². The lowest BCUT2D eigenvalue weighted by Gasteiger charge is -2.22. The molecule has 1 aromatic carbocycles. The number of aliphatic carboxylic acids is 1. The molecule has 0 radical (unpaired) electrons. The van der Waals surface area contributed by atoms with Crippen LogP contribution in [0.5, 0.6) is 5.75 Å². The Bertz CT molecular complexity index is 521. The fourth-order valence-electron chi connectivity index (χ4n) is 1.51. The summed E-state index contributed by atoms with van der Waals surface area (Å²) < 4.78 is 5.43. The van der Waals surface area contributed by atoms with Crippen molar-refractivity contribution in [2.75, 3.05) is 13.1 Å². The molecule has 1 N–H and O–H groups in total. The summed E-state index contributed by atoms with van der Waals surface area (Å²) in [5.41, 5.74) is 0. The van der Waals surface area contributed by atoms with Crippen molar-refractivity contribution < 1.29 is 19.4 Å². The lowest BCUT2D eigenvalue weighted by molar-refractivity contribution is -0.146. The van der Waals surface area contributed by atoms with Crippen LogP contribution >= 0.6 is 11.6 Å². The van der Waals surface area contributed by atoms with E-state index in [0.717, 1.165) is 4.90 Å². The van der Waals surface area contributed by atoms with E-state index in [0.29, 0.717) is 10.8 Å². The number of ether oxygens (including phenoxy) is 1. The highest BCUT2D eigenvalue weighted by Crippen LogP contribution is 2.17. The van der Waals surface area contributed by atoms with Gasteiger partial charge in [-0.2, -0.15) is 0 Å². The molecule has 0 spiro atoms. The quantitative estimate of drug-likeness (QED) is 0.811. The SMILES string of the molecule is C#CCN(CC(=O)O)C(=O)C(C)Oc1ccc(Cl)cc1. The third-order valence-electron chi connectivity index (χ3n) is 2.39. The molecule has 0 aromatic heterocycles. The van der Waals surface area contributed by atoms with Gasteiger partial charge in [0.1, 0.15) is 12.3 Å². The first-order valence-corrected chi connectivity index (χ1v) is 6.18. The van der Waals surface area contributed by atoms with Gasteiger partial charge in [0.15, 0.2) is 6.10 Å². The zero-order chi connectivity index (χ0) is 15.1. The van der Waals surface area contributed by atoms with E-state index in [4.69, 9.17) is 27.9 Å². The Kier molecular flexibility index (Phi) is 5.88. The van der Waals surface area contributed by atoms with Crippen LogP contribution in [0.1, 0.15) is 6.92 Å². The second-order valence-corrected chi connectivity index (χ2v) is 4.44. The van der Waals surface area contributed by atoms with Crippen molar-refractivity contribution in [1.82, 2.24) is 4.90 Å². The summed E-state index contributed by atoms with van der Waals surface area (Å²) in [5.74, 6) is 1.10. The number of carboxylic acids is 1. The van der Waals surface area contributed by atoms with Gasteiger partial charge in [0.2, 0.25) is 0 Å². The first-order valence-electron chi connectivity index (χ1n) is 5.80. The van der Waals surface area contributed by atoms with E-state index >= 15 is 0 Å². The number of halogens is 1. The number of rotatable bonds is 6. The normalized spacial score (nSPS) is 11.2. The predicted octanol–water partition coefficient (Wildman–Crippen LogP) is 1.65. The molecule has 0 aliphatic carbocycles. The van der Waals surface area contributed by atoms with E-state index in [1.165, 1.54) is 6.92 Å². The first kappa shape index (κ1) is 15.9. The monoisotopic (exact) mass is 295 g/mol. The largest absolute Gasteiger partial charge is 0.481 e. The number of carboxylic acid groups (broad SMARTS) is 1. The van der Waals surface area contributed by atoms with Gasteiger partial charge in [-0.3, -0.25) is 9.59 Å². The minimum atomic E-state index is -1.13. The molecule has 0 bridgehead atoms. The standard InChI is InChI=1S/C14H14ClNO4/c1-3-8-16(9-13(17)18)14(19)10(2)20-12-6-4-11(15)5-7-12/h1,4-7,10H,8-9H2,2H3,(H,17,18). The molecule has 1 rings (SSSR count). The fourth-order valence-corrected chi connectivity index (χ4v) is 1.64. The predicted molar refractivity (Wildman–Crippen MR) is 74.6 cm³/mol. The molecule has 106 valence electrons. The van der Waals surface area contributed by atoms with Crippen LogP contribution in [-0.4, -0.2) is 41.1 Å². The Hall–Kier alpha value is -2.19. The topological polar surface area (TPSA) is 66.8 Å². The average Bonchev–Trinajstić information content (AvgIpc) is 2.39. The number of amides is 1. The van der Waals surface area contributed by atoms with Gasteiger partial charge in [0.25, 0.3) is 5.91 Å². The molecule has 6 heteroatoms. The van der Waals surface area contributed by atoms with Crippen molar-refractivity contribution in [1.29, 1.82) is 0 Å². The first-order chi connectivity index (χ1) is 9.43. The molecule has 0 aliphatic heterocycles. The Labute approximate surface area is 122 Å². The highest BCUT2D eigenvalue weighted by atomic mass is 35.5. The number of benzene rings is 1. The van der Waals surface area contributed by atoms with Crippen molar-refractivity contribution in [3.05, 3.63) is 29.3 Å². The number of hydrogen-bond acceptors (Lipinski definition) is 3. The molecule has 5 nitrogen and oxygen atoms in total. The number of terminal acetylenes is 1. The molecule has 0 saturated carbocycles. The summed E-state index contributed by atoms with van der Waals surface area (Å²) in [7, 11) is 0. The van der Waals surface area contributed by atoms with E-state index in [1.807, 2.05) is 0 Å². The number of hydrogen-bond donors (Lipinski definition) is 1. The van der Waals surface area contributed by atoms with E-state index in [-0.39, 0.29) is 6.54 Å². The highest BCUT2D eigenvalue weighted by molar-refractivity contribution is 6.30. The minimum Gasteiger partial charge on any atom is -0.481 e. The van der Waals surface area contributed by atoms with E-state index < -0.39 is 24.5 Å². The van der Waals surface area contributed by atoms with E-state index in [9.17, 15) is 9.59 Å². The van der Waals surface area contributed by atoms with Crippen LogP contribution in [0.2, 0.25) is 5.02 Å². The van der Waals surface area contributed by atoms with Crippen LogP contribution in [0.15, 0.2) is 24.3 Å². The molecular weight excluding hydrogens is 282 g/mol. The second-order valence-electron chi connectivity index (χ2n) is 4.01. The van der Waals surface area contributed by atoms with Crippen molar-refractivity contribution in [3.63, 3.8) is 0 Å². The number of carbonyl (C=O) groups is 2. The smallest absolute Gasteiger partial charge is 0.323 e. The van der Waals surface area contributed by atoms with Crippen molar-refractivity contribution in [3.8, 4) is 18.1 Å². The van der Waals surface area contributed by atoms with Gasteiger partial charge in [0, 0.05) is 5.02 Å². The van der Waals surface area contributed by atoms with Gasteiger partial charge in [-0.15, -0.1) is 6.42 Å². The third kappa shape index (κ3) is 4.82. The molecule has 0 aliphatic rings. The van der Waals surface area contributed by atoms with Gasteiger partial charge in [-0.05, 0) is 31.2 Å².